The van der Waals surface area contributed by atoms with Gasteiger partial charge in [0.05, 0.1) is 17.8 Å². The summed E-state index contributed by atoms with van der Waals surface area (Å²) in [5.74, 6) is 0.651. The third kappa shape index (κ3) is 6.33. The topological polar surface area (TPSA) is 98.5 Å². The number of non-ortho nitro benzene ring substituents is 1. The number of nitro benzene ring substituents is 1. The van der Waals surface area contributed by atoms with Gasteiger partial charge in [-0.3, -0.25) is 10.1 Å². The van der Waals surface area contributed by atoms with Crippen molar-refractivity contribution in [3.63, 3.8) is 0 Å². The van der Waals surface area contributed by atoms with Crippen molar-refractivity contribution in [3.8, 4) is 5.75 Å². The summed E-state index contributed by atoms with van der Waals surface area (Å²) in [4.78, 5) is 10.3. The second-order valence-corrected chi connectivity index (χ2v) is 8.51. The van der Waals surface area contributed by atoms with Crippen molar-refractivity contribution < 1.29 is 18.1 Å². The molecule has 2 rings (SSSR count). The highest BCUT2D eigenvalue weighted by Crippen LogP contribution is 2.25. The molecule has 146 valence electrons. The molecule has 2 aromatic rings. The lowest BCUT2D eigenvalue weighted by atomic mass is 9.98. The Morgan fingerprint density at radius 1 is 1.15 bits per heavy atom. The lowest BCUT2D eigenvalue weighted by Crippen LogP contribution is -2.30. The van der Waals surface area contributed by atoms with Gasteiger partial charge in [0.1, 0.15) is 5.75 Å². The van der Waals surface area contributed by atoms with E-state index in [4.69, 9.17) is 4.74 Å². The lowest BCUT2D eigenvalue weighted by molar-refractivity contribution is -0.384. The first-order valence-corrected chi connectivity index (χ1v) is 10.2. The maximum atomic E-state index is 12.7. The van der Waals surface area contributed by atoms with Gasteiger partial charge in [0, 0.05) is 18.2 Å². The Bertz CT molecular complexity index is 879. The van der Waals surface area contributed by atoms with Crippen LogP contribution in [0.2, 0.25) is 0 Å². The second-order valence-electron chi connectivity index (χ2n) is 6.76. The molecule has 0 heterocycles. The quantitative estimate of drug-likeness (QED) is 0.517. The Hall–Kier alpha value is -2.45. The molecule has 1 atom stereocenters. The molecule has 0 bridgehead atoms. The molecule has 0 aliphatic rings. The third-order valence-corrected chi connectivity index (χ3v) is 5.38. The molecule has 0 aliphatic carbocycles. The van der Waals surface area contributed by atoms with Crippen LogP contribution < -0.4 is 9.46 Å². The van der Waals surface area contributed by atoms with Gasteiger partial charge in [-0.1, -0.05) is 38.1 Å². The molecule has 2 aromatic carbocycles. The highest BCUT2D eigenvalue weighted by Gasteiger charge is 2.22. The minimum absolute atomic E-state index is 0.128. The summed E-state index contributed by atoms with van der Waals surface area (Å²) in [5, 5.41) is 10.9. The van der Waals surface area contributed by atoms with Gasteiger partial charge in [-0.15, -0.1) is 0 Å². The average molecular weight is 392 g/mol. The van der Waals surface area contributed by atoms with Crippen molar-refractivity contribution in [1.82, 2.24) is 4.72 Å². The number of nitrogens with zero attached hydrogens (tertiary/aromatic N) is 1. The molecule has 0 unspecified atom stereocenters. The number of nitrogens with one attached hydrogen (secondary N) is 1. The van der Waals surface area contributed by atoms with Gasteiger partial charge in [0.2, 0.25) is 10.0 Å². The number of benzene rings is 2. The summed E-state index contributed by atoms with van der Waals surface area (Å²) in [6.45, 7) is 4.04. The summed E-state index contributed by atoms with van der Waals surface area (Å²) in [5.41, 5.74) is 1.08. The Labute approximate surface area is 159 Å². The molecule has 0 saturated heterocycles. The standard InChI is InChI=1S/C19H24N2O5S/c1-14(2)11-19(16-7-9-18(26-3)10-8-16)20-27(24,25)13-15-5-4-6-17(12-15)21(22)23/h4-10,12,14,19-20H,11,13H2,1-3H3/t19-/m1/s1. The first-order valence-electron chi connectivity index (χ1n) is 8.57. The maximum Gasteiger partial charge on any atom is 0.269 e. The van der Waals surface area contributed by atoms with Crippen molar-refractivity contribution >= 4 is 15.7 Å². The summed E-state index contributed by atoms with van der Waals surface area (Å²) < 4.78 is 33.2. The van der Waals surface area contributed by atoms with Crippen molar-refractivity contribution in [2.75, 3.05) is 7.11 Å². The van der Waals surface area contributed by atoms with E-state index in [0.29, 0.717) is 17.7 Å². The number of hydrogen-bond donors (Lipinski definition) is 1. The Kier molecular flexibility index (Phi) is 6.92. The van der Waals surface area contributed by atoms with Crippen LogP contribution in [0.15, 0.2) is 48.5 Å². The number of sulfonamides is 1. The number of methoxy groups -OCH3 is 1. The smallest absolute Gasteiger partial charge is 0.269 e. The number of hydrogen-bond acceptors (Lipinski definition) is 5. The molecule has 27 heavy (non-hydrogen) atoms. The molecule has 0 aliphatic heterocycles. The van der Waals surface area contributed by atoms with Crippen molar-refractivity contribution in [2.24, 2.45) is 5.92 Å². The molecule has 0 fully saturated rings. The van der Waals surface area contributed by atoms with E-state index in [1.165, 1.54) is 18.2 Å². The van der Waals surface area contributed by atoms with Crippen LogP contribution in [-0.2, 0) is 15.8 Å². The van der Waals surface area contributed by atoms with Crippen LogP contribution >= 0.6 is 0 Å². The number of rotatable bonds is 9. The number of ether oxygens (including phenoxy) is 1. The largest absolute Gasteiger partial charge is 0.497 e. The monoisotopic (exact) mass is 392 g/mol. The normalized spacial score (nSPS) is 12.7. The fraction of sp³-hybridized carbons (Fsp3) is 0.368. The summed E-state index contributed by atoms with van der Waals surface area (Å²) >= 11 is 0. The molecule has 0 saturated carbocycles. The molecular formula is C19H24N2O5S. The van der Waals surface area contributed by atoms with E-state index in [1.54, 1.807) is 25.3 Å². The molecule has 0 spiro atoms. The van der Waals surface area contributed by atoms with Crippen molar-refractivity contribution in [2.45, 2.75) is 32.1 Å². The van der Waals surface area contributed by atoms with E-state index in [-0.39, 0.29) is 23.4 Å². The van der Waals surface area contributed by atoms with Crippen LogP contribution in [0.4, 0.5) is 5.69 Å². The molecule has 8 heteroatoms. The van der Waals surface area contributed by atoms with Gasteiger partial charge >= 0.3 is 0 Å². The fourth-order valence-corrected chi connectivity index (χ4v) is 4.17. The minimum Gasteiger partial charge on any atom is -0.497 e. The van der Waals surface area contributed by atoms with Gasteiger partial charge in [-0.2, -0.15) is 0 Å². The summed E-state index contributed by atoms with van der Waals surface area (Å²) in [6.07, 6.45) is 0.625. The molecule has 0 radical (unpaired) electrons. The highest BCUT2D eigenvalue weighted by atomic mass is 32.2. The van der Waals surface area contributed by atoms with E-state index in [0.717, 1.165) is 5.56 Å². The highest BCUT2D eigenvalue weighted by molar-refractivity contribution is 7.88. The summed E-state index contributed by atoms with van der Waals surface area (Å²) in [7, 11) is -2.12. The van der Waals surface area contributed by atoms with Crippen LogP contribution in [0.1, 0.15) is 37.4 Å². The van der Waals surface area contributed by atoms with Crippen LogP contribution in [0.25, 0.3) is 0 Å². The summed E-state index contributed by atoms with van der Waals surface area (Å²) in [6, 6.07) is 12.5. The van der Waals surface area contributed by atoms with E-state index in [9.17, 15) is 18.5 Å². The van der Waals surface area contributed by atoms with Gasteiger partial charge in [0.25, 0.3) is 5.69 Å². The van der Waals surface area contributed by atoms with E-state index >= 15 is 0 Å². The van der Waals surface area contributed by atoms with Crippen molar-refractivity contribution in [3.05, 3.63) is 69.8 Å². The van der Waals surface area contributed by atoms with Gasteiger partial charge in [-0.05, 0) is 35.6 Å². The van der Waals surface area contributed by atoms with Gasteiger partial charge in [0.15, 0.2) is 0 Å². The predicted molar refractivity (Wildman–Crippen MR) is 104 cm³/mol. The van der Waals surface area contributed by atoms with Crippen LogP contribution in [0.3, 0.4) is 0 Å². The van der Waals surface area contributed by atoms with E-state index < -0.39 is 14.9 Å². The van der Waals surface area contributed by atoms with Crippen LogP contribution in [0.5, 0.6) is 5.75 Å². The first-order chi connectivity index (χ1) is 12.7. The van der Waals surface area contributed by atoms with E-state index in [1.807, 2.05) is 26.0 Å². The zero-order valence-electron chi connectivity index (χ0n) is 15.6. The fourth-order valence-electron chi connectivity index (χ4n) is 2.80. The first kappa shape index (κ1) is 20.9. The van der Waals surface area contributed by atoms with Crippen LogP contribution in [0, 0.1) is 16.0 Å². The van der Waals surface area contributed by atoms with Gasteiger partial charge in [-0.25, -0.2) is 13.1 Å². The van der Waals surface area contributed by atoms with Crippen LogP contribution in [-0.4, -0.2) is 20.5 Å². The Balaban J connectivity index is 2.21. The van der Waals surface area contributed by atoms with Crippen molar-refractivity contribution in [1.29, 1.82) is 0 Å². The van der Waals surface area contributed by atoms with E-state index in [2.05, 4.69) is 4.72 Å². The maximum absolute atomic E-state index is 12.7. The zero-order chi connectivity index (χ0) is 20.0. The minimum atomic E-state index is -3.69. The molecule has 0 amide bonds. The van der Waals surface area contributed by atoms with Gasteiger partial charge < -0.3 is 4.74 Å². The number of nitro groups is 1. The molecular weight excluding hydrogens is 368 g/mol. The predicted octanol–water partition coefficient (Wildman–Crippen LogP) is 3.81. The Morgan fingerprint density at radius 2 is 1.81 bits per heavy atom. The average Bonchev–Trinajstić information content (AvgIpc) is 2.60. The molecule has 7 nitrogen and oxygen atoms in total. The molecule has 0 aromatic heterocycles. The lowest BCUT2D eigenvalue weighted by Gasteiger charge is -2.21. The third-order valence-electron chi connectivity index (χ3n) is 4.03. The molecule has 1 N–H and O–H groups in total. The second kappa shape index (κ2) is 8.96. The Morgan fingerprint density at radius 3 is 2.37 bits per heavy atom. The SMILES string of the molecule is COc1ccc([C@@H](CC(C)C)NS(=O)(=O)Cc2cccc([N+](=O)[O-])c2)cc1. The zero-order valence-corrected chi connectivity index (χ0v) is 16.4.